The van der Waals surface area contributed by atoms with Crippen molar-refractivity contribution in [2.75, 3.05) is 0 Å². The van der Waals surface area contributed by atoms with E-state index in [1.807, 2.05) is 6.07 Å². The predicted molar refractivity (Wildman–Crippen MR) is 257 cm³/mol. The van der Waals surface area contributed by atoms with E-state index in [9.17, 15) is 0 Å². The molecule has 4 heteroatoms. The maximum atomic E-state index is 5.34. The molecule has 63 heavy (non-hydrogen) atoms. The minimum absolute atomic E-state index is 0.0153. The molecule has 0 amide bonds. The van der Waals surface area contributed by atoms with Crippen molar-refractivity contribution in [1.29, 1.82) is 0 Å². The molecule has 2 heterocycles. The van der Waals surface area contributed by atoms with Gasteiger partial charge in [0, 0.05) is 38.6 Å². The lowest BCUT2D eigenvalue weighted by Crippen LogP contribution is -2.55. The molecule has 0 aliphatic heterocycles. The first-order chi connectivity index (χ1) is 31.2. The van der Waals surface area contributed by atoms with E-state index in [1.165, 1.54) is 86.9 Å². The molecular formula is C59H44N4. The molecule has 5 aliphatic carbocycles. The van der Waals surface area contributed by atoms with Gasteiger partial charge in [0.15, 0.2) is 17.5 Å². The first kappa shape index (κ1) is 35.4. The number of rotatable bonds is 5. The Balaban J connectivity index is 0.896. The van der Waals surface area contributed by atoms with E-state index < -0.39 is 0 Å². The van der Waals surface area contributed by atoms with Crippen molar-refractivity contribution in [3.8, 4) is 62.1 Å². The summed E-state index contributed by atoms with van der Waals surface area (Å²) in [5.41, 5.74) is 14.9. The Morgan fingerprint density at radius 1 is 0.397 bits per heavy atom. The molecule has 0 atom stereocenters. The SMILES string of the molecule is c1ccc(-c2nc(-c3ccc(-c4ccc5c6ccccc6n(-c6ccccc6)c5c4)cc3)nc(-c3ccc4c(c3)C3(c5c-4ccc4ccccc54)C4CC5CC(C4)CC3C5)n2)cc1. The van der Waals surface area contributed by atoms with Gasteiger partial charge in [0.05, 0.1) is 11.0 Å². The minimum atomic E-state index is 0.0153. The summed E-state index contributed by atoms with van der Waals surface area (Å²) in [5, 5.41) is 5.30. The second-order valence-corrected chi connectivity index (χ2v) is 18.8. The molecule has 0 radical (unpaired) electrons. The Hall–Kier alpha value is -7.17. The fourth-order valence-electron chi connectivity index (χ4n) is 13.3. The third-order valence-electron chi connectivity index (χ3n) is 15.6. The van der Waals surface area contributed by atoms with E-state index in [-0.39, 0.29) is 5.41 Å². The summed E-state index contributed by atoms with van der Waals surface area (Å²) in [4.78, 5) is 15.8. The van der Waals surface area contributed by atoms with Crippen LogP contribution in [0.25, 0.3) is 94.7 Å². The largest absolute Gasteiger partial charge is 0.309 e. The Labute approximate surface area is 367 Å². The van der Waals surface area contributed by atoms with Gasteiger partial charge < -0.3 is 4.57 Å². The van der Waals surface area contributed by atoms with Crippen molar-refractivity contribution < 1.29 is 0 Å². The number of benzene rings is 8. The molecule has 2 aromatic heterocycles. The molecule has 15 rings (SSSR count). The van der Waals surface area contributed by atoms with Crippen molar-refractivity contribution in [2.24, 2.45) is 23.7 Å². The first-order valence-electron chi connectivity index (χ1n) is 22.9. The minimum Gasteiger partial charge on any atom is -0.309 e. The van der Waals surface area contributed by atoms with Crippen LogP contribution in [0.1, 0.15) is 43.2 Å². The summed E-state index contributed by atoms with van der Waals surface area (Å²) >= 11 is 0. The molecule has 4 fully saturated rings. The molecule has 8 aromatic carbocycles. The second-order valence-electron chi connectivity index (χ2n) is 18.8. The van der Waals surface area contributed by atoms with Gasteiger partial charge >= 0.3 is 0 Å². The summed E-state index contributed by atoms with van der Waals surface area (Å²) in [6.07, 6.45) is 6.80. The van der Waals surface area contributed by atoms with Crippen LogP contribution < -0.4 is 0 Å². The van der Waals surface area contributed by atoms with E-state index in [1.54, 1.807) is 5.56 Å². The normalized spacial score (nSPS) is 21.7. The van der Waals surface area contributed by atoms with E-state index in [0.717, 1.165) is 45.6 Å². The topological polar surface area (TPSA) is 43.6 Å². The summed E-state index contributed by atoms with van der Waals surface area (Å²) < 4.78 is 2.38. The van der Waals surface area contributed by atoms with Crippen LogP contribution in [0.15, 0.2) is 182 Å². The van der Waals surface area contributed by atoms with E-state index in [0.29, 0.717) is 23.5 Å². The van der Waals surface area contributed by atoms with Gasteiger partial charge in [0.1, 0.15) is 0 Å². The van der Waals surface area contributed by atoms with Crippen molar-refractivity contribution >= 4 is 32.6 Å². The Morgan fingerprint density at radius 2 is 0.952 bits per heavy atom. The van der Waals surface area contributed by atoms with Crippen LogP contribution in [0.2, 0.25) is 0 Å². The smallest absolute Gasteiger partial charge is 0.164 e. The lowest BCUT2D eigenvalue weighted by Gasteiger charge is -2.61. The van der Waals surface area contributed by atoms with E-state index >= 15 is 0 Å². The van der Waals surface area contributed by atoms with Gasteiger partial charge in [-0.3, -0.25) is 0 Å². The summed E-state index contributed by atoms with van der Waals surface area (Å²) in [6.45, 7) is 0. The van der Waals surface area contributed by atoms with Crippen molar-refractivity contribution in [2.45, 2.75) is 37.5 Å². The van der Waals surface area contributed by atoms with Gasteiger partial charge in [-0.2, -0.15) is 0 Å². The summed E-state index contributed by atoms with van der Waals surface area (Å²) in [6, 6.07) is 66.5. The highest BCUT2D eigenvalue weighted by Gasteiger charge is 2.62. The zero-order valence-corrected chi connectivity index (χ0v) is 35.0. The van der Waals surface area contributed by atoms with E-state index in [4.69, 9.17) is 15.0 Å². The van der Waals surface area contributed by atoms with Crippen LogP contribution in [-0.2, 0) is 5.41 Å². The fraction of sp³-hybridized carbons (Fsp3) is 0.169. The molecule has 10 aromatic rings. The molecule has 4 bridgehead atoms. The molecule has 0 saturated heterocycles. The van der Waals surface area contributed by atoms with Crippen LogP contribution in [-0.4, -0.2) is 19.5 Å². The zero-order valence-electron chi connectivity index (χ0n) is 35.0. The molecule has 0 N–H and O–H groups in total. The van der Waals surface area contributed by atoms with Gasteiger partial charge in [-0.15, -0.1) is 0 Å². The van der Waals surface area contributed by atoms with Gasteiger partial charge in [-0.25, -0.2) is 15.0 Å². The number of fused-ring (bicyclic) bond motifs is 8. The monoisotopic (exact) mass is 808 g/mol. The third-order valence-corrected chi connectivity index (χ3v) is 15.6. The van der Waals surface area contributed by atoms with Crippen LogP contribution in [0.4, 0.5) is 0 Å². The molecule has 4 nitrogen and oxygen atoms in total. The van der Waals surface area contributed by atoms with Gasteiger partial charge in [0.2, 0.25) is 0 Å². The number of hydrogen-bond donors (Lipinski definition) is 0. The van der Waals surface area contributed by atoms with Crippen LogP contribution in [0.3, 0.4) is 0 Å². The highest BCUT2D eigenvalue weighted by molar-refractivity contribution is 6.10. The average Bonchev–Trinajstić information content (AvgIpc) is 3.84. The Kier molecular flexibility index (Phi) is 7.54. The van der Waals surface area contributed by atoms with Crippen molar-refractivity contribution in [3.63, 3.8) is 0 Å². The van der Waals surface area contributed by atoms with E-state index in [2.05, 4.69) is 180 Å². The molecule has 5 aliphatic rings. The molecule has 300 valence electrons. The number of aromatic nitrogens is 4. The quantitative estimate of drug-likeness (QED) is 0.174. The zero-order chi connectivity index (χ0) is 41.2. The highest BCUT2D eigenvalue weighted by Crippen LogP contribution is 2.70. The lowest BCUT2D eigenvalue weighted by atomic mass is 9.43. The average molecular weight is 809 g/mol. The van der Waals surface area contributed by atoms with Gasteiger partial charge in [0.25, 0.3) is 0 Å². The number of para-hydroxylation sites is 2. The lowest BCUT2D eigenvalue weighted by molar-refractivity contribution is -0.0393. The number of hydrogen-bond acceptors (Lipinski definition) is 3. The summed E-state index contributed by atoms with van der Waals surface area (Å²) in [7, 11) is 0. The van der Waals surface area contributed by atoms with Gasteiger partial charge in [-0.1, -0.05) is 152 Å². The second kappa shape index (κ2) is 13.4. The van der Waals surface area contributed by atoms with Crippen LogP contribution in [0.5, 0.6) is 0 Å². The predicted octanol–water partition coefficient (Wildman–Crippen LogP) is 14.5. The molecular weight excluding hydrogens is 765 g/mol. The Morgan fingerprint density at radius 3 is 1.70 bits per heavy atom. The maximum Gasteiger partial charge on any atom is 0.164 e. The molecule has 0 unspecified atom stereocenters. The summed E-state index contributed by atoms with van der Waals surface area (Å²) in [5.74, 6) is 5.16. The van der Waals surface area contributed by atoms with Crippen LogP contribution >= 0.6 is 0 Å². The maximum absolute atomic E-state index is 5.34. The van der Waals surface area contributed by atoms with Crippen molar-refractivity contribution in [1.82, 2.24) is 19.5 Å². The standard InChI is InChI=1S/C59H44N4/c1-3-12-40(13-4-1)56-60-57(41-21-19-38(20-22-41)42-24-27-50-49-17-9-10-18-53(49)63(54(50)35-42)46-14-5-2-6-15-46)62-58(61-56)43-25-26-48-51-28-23-39-11-7-8-16-47(39)55(51)59(52(48)34-43)44-30-36-29-37(32-44)33-45(59)31-36/h1-28,34-37,44-45H,29-33H2. The van der Waals surface area contributed by atoms with Gasteiger partial charge in [-0.05, 0) is 130 Å². The van der Waals surface area contributed by atoms with Crippen molar-refractivity contribution in [3.05, 3.63) is 193 Å². The molecule has 1 spiro atoms. The van der Waals surface area contributed by atoms with Crippen LogP contribution in [0, 0.1) is 23.7 Å². The highest BCUT2D eigenvalue weighted by atomic mass is 15.0. The first-order valence-corrected chi connectivity index (χ1v) is 22.9. The molecule has 4 saturated carbocycles. The number of nitrogens with zero attached hydrogens (tertiary/aromatic N) is 4. The third kappa shape index (κ3) is 5.18. The Bertz CT molecular complexity index is 3430. The fourth-order valence-corrected chi connectivity index (χ4v) is 13.3.